The molecule has 342 valence electrons. The van der Waals surface area contributed by atoms with Crippen molar-refractivity contribution >= 4 is 64.7 Å². The van der Waals surface area contributed by atoms with E-state index in [-0.39, 0.29) is 75.7 Å². The van der Waals surface area contributed by atoms with Gasteiger partial charge in [0, 0.05) is 57.0 Å². The van der Waals surface area contributed by atoms with E-state index in [0.29, 0.717) is 29.4 Å². The molecular formula is C44H61ClN4O12S. The number of aliphatic hydroxyl groups is 1. The van der Waals surface area contributed by atoms with Gasteiger partial charge in [0.05, 0.1) is 48.3 Å². The molecule has 1 aromatic rings. The Balaban J connectivity index is 1.22. The molecule has 18 heteroatoms. The van der Waals surface area contributed by atoms with Gasteiger partial charge in [0.2, 0.25) is 23.6 Å². The number of likely N-dealkylation sites (tertiary alicyclic amines) is 1. The predicted octanol–water partition coefficient (Wildman–Crippen LogP) is 4.40. The third-order valence-corrected chi connectivity index (χ3v) is 13.6. The Morgan fingerprint density at radius 2 is 1.85 bits per heavy atom. The molecule has 0 saturated carbocycles. The fraction of sp³-hybridized carbons (Fsp3) is 0.636. The first-order valence-electron chi connectivity index (χ1n) is 21.2. The fourth-order valence-electron chi connectivity index (χ4n) is 8.00. The van der Waals surface area contributed by atoms with Crippen LogP contribution in [0.2, 0.25) is 5.02 Å². The maximum absolute atomic E-state index is 14.1. The maximum atomic E-state index is 14.1. The van der Waals surface area contributed by atoms with Crippen LogP contribution < -0.4 is 15.5 Å². The summed E-state index contributed by atoms with van der Waals surface area (Å²) in [6, 6.07) is 3.83. The molecule has 1 aromatic carbocycles. The second-order valence-electron chi connectivity index (χ2n) is 16.7. The lowest BCUT2D eigenvalue weighted by Gasteiger charge is -2.41. The number of halogens is 1. The van der Waals surface area contributed by atoms with E-state index in [2.05, 4.69) is 10.6 Å². The number of aryl methyl sites for hydroxylation is 1. The molecule has 5 rings (SSSR count). The van der Waals surface area contributed by atoms with Crippen molar-refractivity contribution in [2.24, 2.45) is 11.8 Å². The number of benzene rings is 1. The second kappa shape index (κ2) is 21.1. The number of hydrogen-bond donors (Lipinski definition) is 3. The Morgan fingerprint density at radius 3 is 2.58 bits per heavy atom. The van der Waals surface area contributed by atoms with E-state index in [1.54, 1.807) is 20.9 Å². The number of thioether (sulfide) groups is 1. The summed E-state index contributed by atoms with van der Waals surface area (Å²) in [5, 5.41) is 16.8. The lowest BCUT2D eigenvalue weighted by atomic mass is 9.82. The summed E-state index contributed by atoms with van der Waals surface area (Å²) in [5.74, 6) is -2.48. The topological polar surface area (TPSA) is 203 Å². The zero-order valence-corrected chi connectivity index (χ0v) is 38.4. The molecule has 4 aliphatic heterocycles. The number of alkyl carbamates (subject to hydrolysis) is 1. The highest BCUT2D eigenvalue weighted by atomic mass is 35.5. The molecule has 2 unspecified atom stereocenters. The summed E-state index contributed by atoms with van der Waals surface area (Å²) < 4.78 is 29.4. The Hall–Kier alpha value is -4.00. The van der Waals surface area contributed by atoms with Crippen molar-refractivity contribution in [3.63, 3.8) is 0 Å². The third kappa shape index (κ3) is 12.0. The van der Waals surface area contributed by atoms with Gasteiger partial charge in [-0.3, -0.25) is 29.4 Å². The highest BCUT2D eigenvalue weighted by Gasteiger charge is 2.64. The molecular weight excluding hydrogens is 844 g/mol. The highest BCUT2D eigenvalue weighted by Crippen LogP contribution is 2.49. The monoisotopic (exact) mass is 904 g/mol. The average Bonchev–Trinajstić information content (AvgIpc) is 3.83. The summed E-state index contributed by atoms with van der Waals surface area (Å²) in [7, 11) is 1.62. The Kier molecular flexibility index (Phi) is 16.7. The number of esters is 1. The van der Waals surface area contributed by atoms with Crippen molar-refractivity contribution in [2.45, 2.75) is 122 Å². The molecule has 3 saturated heterocycles. The highest BCUT2D eigenvalue weighted by molar-refractivity contribution is 8.00. The van der Waals surface area contributed by atoms with E-state index < -0.39 is 64.9 Å². The van der Waals surface area contributed by atoms with Gasteiger partial charge in [-0.25, -0.2) is 9.59 Å². The SMILES string of the molecule is CCNC(=O)CCN1C(=O)CC(SCCOCCO[C@@H](C)C(=O)O[C@H]2CC(=O)N(C)c3cc(cc(C)c3Cl)C/C(C)=C/C=C/[C@@H](C)[C@@]3(O)CC(OC(=O)N3)[C@@H](C)[C@@H]3O[C@@]23C)C1=O. The van der Waals surface area contributed by atoms with Crippen LogP contribution in [0.5, 0.6) is 0 Å². The minimum Gasteiger partial charge on any atom is -0.457 e. The van der Waals surface area contributed by atoms with E-state index in [0.717, 1.165) is 21.6 Å². The van der Waals surface area contributed by atoms with Gasteiger partial charge in [0.15, 0.2) is 6.10 Å². The van der Waals surface area contributed by atoms with Crippen LogP contribution in [0.1, 0.15) is 78.4 Å². The molecule has 4 heterocycles. The molecule has 4 bridgehead atoms. The quantitative estimate of drug-likeness (QED) is 0.103. The number of nitrogens with zero attached hydrogens (tertiary/aromatic N) is 2. The van der Waals surface area contributed by atoms with E-state index in [9.17, 15) is 33.9 Å². The molecule has 62 heavy (non-hydrogen) atoms. The molecule has 3 N–H and O–H groups in total. The molecule has 0 aromatic heterocycles. The normalized spacial score (nSPS) is 31.0. The van der Waals surface area contributed by atoms with Gasteiger partial charge < -0.3 is 39.0 Å². The summed E-state index contributed by atoms with van der Waals surface area (Å²) in [4.78, 5) is 80.1. The van der Waals surface area contributed by atoms with Crippen molar-refractivity contribution in [2.75, 3.05) is 50.6 Å². The molecule has 16 nitrogen and oxygen atoms in total. The largest absolute Gasteiger partial charge is 0.457 e. The van der Waals surface area contributed by atoms with Gasteiger partial charge in [0.1, 0.15) is 23.5 Å². The van der Waals surface area contributed by atoms with Crippen molar-refractivity contribution in [3.8, 4) is 0 Å². The van der Waals surface area contributed by atoms with Crippen LogP contribution in [0.4, 0.5) is 10.5 Å². The number of epoxide rings is 1. The maximum Gasteiger partial charge on any atom is 0.409 e. The van der Waals surface area contributed by atoms with E-state index in [1.807, 2.05) is 58.1 Å². The van der Waals surface area contributed by atoms with Gasteiger partial charge in [-0.1, -0.05) is 55.3 Å². The number of carbonyl (C=O) groups excluding carboxylic acids is 6. The van der Waals surface area contributed by atoms with Gasteiger partial charge in [-0.15, -0.1) is 11.8 Å². The van der Waals surface area contributed by atoms with Gasteiger partial charge >= 0.3 is 12.1 Å². The first kappa shape index (κ1) is 49.0. The van der Waals surface area contributed by atoms with Crippen molar-refractivity contribution in [3.05, 3.63) is 52.1 Å². The van der Waals surface area contributed by atoms with Crippen molar-refractivity contribution < 1.29 is 57.6 Å². The zero-order valence-electron chi connectivity index (χ0n) is 36.8. The lowest BCUT2D eigenvalue weighted by Crippen LogP contribution is -2.60. The molecule has 5 amide bonds. The van der Waals surface area contributed by atoms with Crippen LogP contribution in [-0.4, -0.2) is 132 Å². The number of ether oxygens (including phenoxy) is 5. The fourth-order valence-corrected chi connectivity index (χ4v) is 9.27. The first-order chi connectivity index (χ1) is 29.3. The minimum absolute atomic E-state index is 0.0373. The van der Waals surface area contributed by atoms with Crippen LogP contribution in [-0.2, 0) is 54.1 Å². The number of allylic oxidation sites excluding steroid dienone is 3. The van der Waals surface area contributed by atoms with Crippen LogP contribution in [0.15, 0.2) is 35.9 Å². The number of hydrogen-bond acceptors (Lipinski definition) is 13. The number of rotatable bonds is 14. The smallest absolute Gasteiger partial charge is 0.409 e. The van der Waals surface area contributed by atoms with Crippen LogP contribution >= 0.6 is 23.4 Å². The second-order valence-corrected chi connectivity index (χ2v) is 18.4. The third-order valence-electron chi connectivity index (χ3n) is 12.0. The van der Waals surface area contributed by atoms with Crippen LogP contribution in [0.25, 0.3) is 0 Å². The molecule has 0 radical (unpaired) electrons. The predicted molar refractivity (Wildman–Crippen MR) is 232 cm³/mol. The standard InChI is InChI=1S/C44H61ClN4O12S/c1-9-46-35(50)13-14-49-37(52)22-33(40(49)53)62-18-17-57-15-16-58-29(6)41(54)60-34-23-36(51)48(8)31-21-30(20-26(3)38(31)45)19-25(2)11-10-12-27(4)44(56)24-32(59-42(55)47-44)28(5)39-43(34,7)61-39/h10-12,20-21,27-29,32-34,39,56H,9,13-19,22-24H2,1-8H3,(H,46,50)(H,47,55)/b12-10+,25-11+/t27-,28-,29+,32?,33?,34+,39+,43+,44+/m1/s1. The van der Waals surface area contributed by atoms with E-state index in [4.69, 9.17) is 35.3 Å². The number of fused-ring (bicyclic) bond motifs is 5. The average molecular weight is 906 g/mol. The zero-order chi connectivity index (χ0) is 45.5. The molecule has 3 fully saturated rings. The lowest BCUT2D eigenvalue weighted by molar-refractivity contribution is -0.166. The van der Waals surface area contributed by atoms with E-state index >= 15 is 0 Å². The van der Waals surface area contributed by atoms with Crippen molar-refractivity contribution in [1.82, 2.24) is 15.5 Å². The Labute approximate surface area is 372 Å². The van der Waals surface area contributed by atoms with Crippen LogP contribution in [0.3, 0.4) is 0 Å². The van der Waals surface area contributed by atoms with Crippen LogP contribution in [0, 0.1) is 18.8 Å². The first-order valence-corrected chi connectivity index (χ1v) is 22.6. The molecule has 9 atom stereocenters. The molecule has 0 aliphatic carbocycles. The number of imide groups is 1. The minimum atomic E-state index is -1.62. The van der Waals surface area contributed by atoms with E-state index in [1.165, 1.54) is 23.6 Å². The number of carbonyl (C=O) groups is 6. The number of amides is 5. The number of anilines is 1. The molecule has 4 aliphatic rings. The number of nitrogens with one attached hydrogen (secondary N) is 2. The van der Waals surface area contributed by atoms with Gasteiger partial charge in [-0.05, 0) is 58.2 Å². The van der Waals surface area contributed by atoms with Crippen molar-refractivity contribution in [1.29, 1.82) is 0 Å². The summed E-state index contributed by atoms with van der Waals surface area (Å²) in [6.07, 6.45) is 1.78. The molecule has 0 spiro atoms. The Bertz CT molecular complexity index is 1930. The van der Waals surface area contributed by atoms with Gasteiger partial charge in [-0.2, -0.15) is 0 Å². The summed E-state index contributed by atoms with van der Waals surface area (Å²) in [6.45, 7) is 13.5. The Morgan fingerprint density at radius 1 is 1.11 bits per heavy atom. The summed E-state index contributed by atoms with van der Waals surface area (Å²) >= 11 is 8.09. The van der Waals surface area contributed by atoms with Gasteiger partial charge in [0.25, 0.3) is 0 Å². The summed E-state index contributed by atoms with van der Waals surface area (Å²) in [5.41, 5.74) is 0.430.